The third-order valence-electron chi connectivity index (χ3n) is 5.58. The number of hydrogen-bond donors (Lipinski definition) is 0. The fraction of sp³-hybridized carbons (Fsp3) is 1.00. The Kier molecular flexibility index (Phi) is 4.45. The number of fused-ring (bicyclic) bond motifs is 1. The summed E-state index contributed by atoms with van der Waals surface area (Å²) in [6.45, 7) is 9.64. The molecule has 3 fully saturated rings. The molecule has 0 amide bonds. The molecular formula is C16H30N2O. The third kappa shape index (κ3) is 2.84. The van der Waals surface area contributed by atoms with E-state index in [1.807, 2.05) is 0 Å². The topological polar surface area (TPSA) is 15.7 Å². The summed E-state index contributed by atoms with van der Waals surface area (Å²) in [4.78, 5) is 5.54. The Balaban J connectivity index is 1.67. The molecule has 110 valence electrons. The molecule has 19 heavy (non-hydrogen) atoms. The van der Waals surface area contributed by atoms with Crippen LogP contribution in [0.1, 0.15) is 52.4 Å². The Bertz CT molecular complexity index is 290. The van der Waals surface area contributed by atoms with E-state index in [1.165, 1.54) is 58.2 Å². The van der Waals surface area contributed by atoms with Gasteiger partial charge >= 0.3 is 0 Å². The van der Waals surface area contributed by atoms with E-state index in [9.17, 15) is 0 Å². The predicted octanol–water partition coefficient (Wildman–Crippen LogP) is 2.50. The lowest BCUT2D eigenvalue weighted by atomic mass is 9.93. The van der Waals surface area contributed by atoms with Crippen molar-refractivity contribution in [3.8, 4) is 0 Å². The minimum Gasteiger partial charge on any atom is -0.377 e. The highest BCUT2D eigenvalue weighted by Gasteiger charge is 2.38. The maximum Gasteiger partial charge on any atom is 0.0728 e. The molecule has 0 aromatic carbocycles. The molecule has 0 spiro atoms. The van der Waals surface area contributed by atoms with Crippen LogP contribution in [0.4, 0.5) is 0 Å². The van der Waals surface area contributed by atoms with Gasteiger partial charge in [0.1, 0.15) is 0 Å². The molecule has 3 aliphatic heterocycles. The van der Waals surface area contributed by atoms with Crippen LogP contribution >= 0.6 is 0 Å². The van der Waals surface area contributed by atoms with E-state index < -0.39 is 0 Å². The molecule has 0 N–H and O–H groups in total. The highest BCUT2D eigenvalue weighted by atomic mass is 16.5. The second-order valence-electron chi connectivity index (χ2n) is 6.70. The quantitative estimate of drug-likeness (QED) is 0.780. The van der Waals surface area contributed by atoms with Crippen molar-refractivity contribution in [3.63, 3.8) is 0 Å². The molecule has 0 bridgehead atoms. The van der Waals surface area contributed by atoms with Crippen LogP contribution in [0.2, 0.25) is 0 Å². The van der Waals surface area contributed by atoms with Crippen molar-refractivity contribution in [2.75, 3.05) is 26.2 Å². The summed E-state index contributed by atoms with van der Waals surface area (Å²) in [6.07, 6.45) is 8.54. The van der Waals surface area contributed by atoms with E-state index in [0.717, 1.165) is 18.7 Å². The van der Waals surface area contributed by atoms with Gasteiger partial charge in [-0.2, -0.15) is 0 Å². The lowest BCUT2D eigenvalue weighted by Gasteiger charge is -2.51. The largest absolute Gasteiger partial charge is 0.377 e. The molecule has 3 aliphatic rings. The summed E-state index contributed by atoms with van der Waals surface area (Å²) in [5, 5.41) is 0. The molecule has 0 aromatic heterocycles. The van der Waals surface area contributed by atoms with Crippen LogP contribution in [-0.4, -0.2) is 60.3 Å². The number of nitrogens with zero attached hydrogens (tertiary/aromatic N) is 2. The van der Waals surface area contributed by atoms with E-state index in [0.29, 0.717) is 12.1 Å². The third-order valence-corrected chi connectivity index (χ3v) is 5.58. The molecule has 4 unspecified atom stereocenters. The van der Waals surface area contributed by atoms with Gasteiger partial charge in [0.15, 0.2) is 0 Å². The number of piperidine rings is 1. The summed E-state index contributed by atoms with van der Waals surface area (Å²) in [5.41, 5.74) is 0. The highest BCUT2D eigenvalue weighted by Crippen LogP contribution is 2.29. The average molecular weight is 266 g/mol. The summed E-state index contributed by atoms with van der Waals surface area (Å²) in [7, 11) is 0. The molecule has 0 aliphatic carbocycles. The minimum absolute atomic E-state index is 0.490. The van der Waals surface area contributed by atoms with Gasteiger partial charge in [-0.1, -0.05) is 13.3 Å². The number of hydrogen-bond acceptors (Lipinski definition) is 3. The van der Waals surface area contributed by atoms with Crippen LogP contribution in [-0.2, 0) is 4.74 Å². The molecular weight excluding hydrogens is 236 g/mol. The van der Waals surface area contributed by atoms with Crippen molar-refractivity contribution >= 4 is 0 Å². The normalized spacial score (nSPS) is 39.2. The van der Waals surface area contributed by atoms with Gasteiger partial charge < -0.3 is 4.74 Å². The van der Waals surface area contributed by atoms with Gasteiger partial charge in [0.25, 0.3) is 0 Å². The van der Waals surface area contributed by atoms with Gasteiger partial charge in [-0.3, -0.25) is 9.80 Å². The van der Waals surface area contributed by atoms with Crippen LogP contribution < -0.4 is 0 Å². The minimum atomic E-state index is 0.490. The Labute approximate surface area is 118 Å². The molecule has 3 rings (SSSR count). The molecule has 3 nitrogen and oxygen atoms in total. The van der Waals surface area contributed by atoms with Gasteiger partial charge in [-0.15, -0.1) is 0 Å². The van der Waals surface area contributed by atoms with Crippen LogP contribution in [0.25, 0.3) is 0 Å². The Morgan fingerprint density at radius 2 is 2.05 bits per heavy atom. The van der Waals surface area contributed by atoms with Gasteiger partial charge in [-0.25, -0.2) is 0 Å². The maximum absolute atomic E-state index is 5.94. The summed E-state index contributed by atoms with van der Waals surface area (Å²) < 4.78 is 5.94. The number of rotatable bonds is 3. The van der Waals surface area contributed by atoms with Crippen molar-refractivity contribution in [2.45, 2.75) is 76.6 Å². The second-order valence-corrected chi connectivity index (χ2v) is 6.70. The smallest absolute Gasteiger partial charge is 0.0728 e. The van der Waals surface area contributed by atoms with Crippen molar-refractivity contribution in [3.05, 3.63) is 0 Å². The van der Waals surface area contributed by atoms with E-state index in [2.05, 4.69) is 23.6 Å². The summed E-state index contributed by atoms with van der Waals surface area (Å²) in [5.74, 6) is 0. The second kappa shape index (κ2) is 6.11. The van der Waals surface area contributed by atoms with Crippen molar-refractivity contribution < 1.29 is 4.74 Å². The standard InChI is InChI=1S/C16H30N2O/c1-3-14-11-17-9-5-4-7-15(17)12-18(14)13(2)16-8-6-10-19-16/h13-16H,3-12H2,1-2H3. The van der Waals surface area contributed by atoms with E-state index in [4.69, 9.17) is 4.74 Å². The van der Waals surface area contributed by atoms with Crippen LogP contribution in [0.15, 0.2) is 0 Å². The SMILES string of the molecule is CCC1CN2CCCCC2CN1C(C)C1CCCO1. The van der Waals surface area contributed by atoms with Gasteiger partial charge in [-0.05, 0) is 45.6 Å². The van der Waals surface area contributed by atoms with Gasteiger partial charge in [0, 0.05) is 37.8 Å². The Hall–Kier alpha value is -0.120. The Morgan fingerprint density at radius 1 is 1.16 bits per heavy atom. The molecule has 3 heteroatoms. The molecule has 0 aromatic rings. The van der Waals surface area contributed by atoms with Gasteiger partial charge in [0.2, 0.25) is 0 Å². The van der Waals surface area contributed by atoms with Crippen LogP contribution in [0.5, 0.6) is 0 Å². The molecule has 3 saturated heterocycles. The van der Waals surface area contributed by atoms with Crippen LogP contribution in [0, 0.1) is 0 Å². The first-order valence-electron chi connectivity index (χ1n) is 8.41. The first-order chi connectivity index (χ1) is 9.29. The molecule has 4 atom stereocenters. The summed E-state index contributed by atoms with van der Waals surface area (Å²) >= 11 is 0. The lowest BCUT2D eigenvalue weighted by molar-refractivity contribution is -0.0497. The first-order valence-corrected chi connectivity index (χ1v) is 8.41. The fourth-order valence-corrected chi connectivity index (χ4v) is 4.33. The maximum atomic E-state index is 5.94. The van der Waals surface area contributed by atoms with E-state index in [-0.39, 0.29) is 0 Å². The van der Waals surface area contributed by atoms with Gasteiger partial charge in [0.05, 0.1) is 6.10 Å². The fourth-order valence-electron chi connectivity index (χ4n) is 4.33. The Morgan fingerprint density at radius 3 is 2.79 bits per heavy atom. The molecule has 3 heterocycles. The number of ether oxygens (including phenoxy) is 1. The molecule has 0 radical (unpaired) electrons. The van der Waals surface area contributed by atoms with Crippen LogP contribution in [0.3, 0.4) is 0 Å². The predicted molar refractivity (Wildman–Crippen MR) is 78.4 cm³/mol. The zero-order valence-corrected chi connectivity index (χ0v) is 12.7. The zero-order chi connectivity index (χ0) is 13.2. The number of piperazine rings is 1. The highest BCUT2D eigenvalue weighted by molar-refractivity contribution is 4.94. The van der Waals surface area contributed by atoms with Crippen molar-refractivity contribution in [1.29, 1.82) is 0 Å². The lowest BCUT2D eigenvalue weighted by Crippen LogP contribution is -2.62. The zero-order valence-electron chi connectivity index (χ0n) is 12.7. The summed E-state index contributed by atoms with van der Waals surface area (Å²) in [6, 6.07) is 2.17. The monoisotopic (exact) mass is 266 g/mol. The van der Waals surface area contributed by atoms with E-state index in [1.54, 1.807) is 0 Å². The first kappa shape index (κ1) is 13.8. The van der Waals surface area contributed by atoms with E-state index >= 15 is 0 Å². The molecule has 0 saturated carbocycles. The van der Waals surface area contributed by atoms with Crippen molar-refractivity contribution in [1.82, 2.24) is 9.80 Å². The average Bonchev–Trinajstić information content (AvgIpc) is 2.99. The van der Waals surface area contributed by atoms with Crippen molar-refractivity contribution in [2.24, 2.45) is 0 Å².